The van der Waals surface area contributed by atoms with Crippen LogP contribution in [0.2, 0.25) is 5.02 Å². The molecule has 9 nitrogen and oxygen atoms in total. The van der Waals surface area contributed by atoms with Crippen LogP contribution in [0.4, 0.5) is 22.7 Å². The molecular weight excluding hydrogens is 436 g/mol. The van der Waals surface area contributed by atoms with Gasteiger partial charge in [-0.25, -0.2) is 4.79 Å². The number of carbonyl (C=O) groups is 1. The Hall–Kier alpha value is -3.43. The van der Waals surface area contributed by atoms with Gasteiger partial charge in [-0.3, -0.25) is 15.1 Å². The van der Waals surface area contributed by atoms with Gasteiger partial charge in [0.05, 0.1) is 35.8 Å². The standard InChI is InChI=1S/C22H21ClN4O5/c1-13-12-32-9-8-26(13)14-10-16(22(28)31-2)21(27(29)30)19(11-14)25-18-6-7-24-20-15(18)4-3-5-17(20)23/h3-7,10-11,13H,8-9,12H2,1-2H3,(H,24,25)/t13-/m1/s1. The average molecular weight is 457 g/mol. The van der Waals surface area contributed by atoms with Crippen LogP contribution in [-0.2, 0) is 9.47 Å². The van der Waals surface area contributed by atoms with E-state index in [4.69, 9.17) is 21.1 Å². The summed E-state index contributed by atoms with van der Waals surface area (Å²) in [6, 6.07) is 10.2. The number of anilines is 3. The zero-order valence-corrected chi connectivity index (χ0v) is 18.3. The second-order valence-corrected chi connectivity index (χ2v) is 7.78. The highest BCUT2D eigenvalue weighted by molar-refractivity contribution is 6.35. The molecule has 1 aromatic heterocycles. The third-order valence-electron chi connectivity index (χ3n) is 5.37. The first-order valence-corrected chi connectivity index (χ1v) is 10.3. The van der Waals surface area contributed by atoms with Crippen LogP contribution in [-0.4, -0.2) is 48.8 Å². The van der Waals surface area contributed by atoms with Crippen molar-refractivity contribution in [2.75, 3.05) is 37.1 Å². The predicted octanol–water partition coefficient (Wildman–Crippen LogP) is 4.55. The SMILES string of the molecule is COC(=O)c1cc(N2CCOC[C@H]2C)cc(Nc2ccnc3c(Cl)cccc23)c1[N+](=O)[O-]. The highest BCUT2D eigenvalue weighted by atomic mass is 35.5. The lowest BCUT2D eigenvalue weighted by Gasteiger charge is -2.35. The summed E-state index contributed by atoms with van der Waals surface area (Å²) in [7, 11) is 1.20. The number of halogens is 1. The molecule has 0 unspecified atom stereocenters. The van der Waals surface area contributed by atoms with Crippen LogP contribution in [0, 0.1) is 10.1 Å². The normalized spacial score (nSPS) is 16.1. The molecule has 0 spiro atoms. The summed E-state index contributed by atoms with van der Waals surface area (Å²) in [5.74, 6) is -0.787. The van der Waals surface area contributed by atoms with E-state index in [1.54, 1.807) is 30.5 Å². The van der Waals surface area contributed by atoms with Gasteiger partial charge >= 0.3 is 11.7 Å². The molecule has 4 rings (SSSR count). The van der Waals surface area contributed by atoms with E-state index in [-0.39, 0.29) is 23.0 Å². The Kier molecular flexibility index (Phi) is 6.11. The molecular formula is C22H21ClN4O5. The molecule has 1 N–H and O–H groups in total. The minimum atomic E-state index is -0.787. The van der Waals surface area contributed by atoms with Crippen LogP contribution in [0.1, 0.15) is 17.3 Å². The van der Waals surface area contributed by atoms with Crippen molar-refractivity contribution in [3.8, 4) is 0 Å². The number of hydrogen-bond acceptors (Lipinski definition) is 8. The number of nitrogens with one attached hydrogen (secondary N) is 1. The molecule has 3 aromatic rings. The minimum absolute atomic E-state index is 0.0316. The summed E-state index contributed by atoms with van der Waals surface area (Å²) in [5, 5.41) is 16.3. The Morgan fingerprint density at radius 2 is 2.16 bits per heavy atom. The first-order chi connectivity index (χ1) is 15.4. The van der Waals surface area contributed by atoms with Gasteiger partial charge in [0.1, 0.15) is 11.3 Å². The molecule has 0 aliphatic carbocycles. The van der Waals surface area contributed by atoms with Gasteiger partial charge in [-0.15, -0.1) is 0 Å². The van der Waals surface area contributed by atoms with Crippen molar-refractivity contribution < 1.29 is 19.2 Å². The van der Waals surface area contributed by atoms with Crippen molar-refractivity contribution in [2.45, 2.75) is 13.0 Å². The number of aromatic nitrogens is 1. The number of nitro benzene ring substituents is 1. The number of methoxy groups -OCH3 is 1. The van der Waals surface area contributed by atoms with Gasteiger partial charge in [-0.2, -0.15) is 0 Å². The van der Waals surface area contributed by atoms with Gasteiger partial charge in [0.15, 0.2) is 0 Å². The van der Waals surface area contributed by atoms with Crippen molar-refractivity contribution in [2.24, 2.45) is 0 Å². The molecule has 1 saturated heterocycles. The maximum atomic E-state index is 12.5. The van der Waals surface area contributed by atoms with Gasteiger partial charge in [0.25, 0.3) is 0 Å². The lowest BCUT2D eigenvalue weighted by Crippen LogP contribution is -2.43. The van der Waals surface area contributed by atoms with Crippen LogP contribution in [0.15, 0.2) is 42.6 Å². The van der Waals surface area contributed by atoms with Gasteiger partial charge in [0.2, 0.25) is 0 Å². The average Bonchev–Trinajstić information content (AvgIpc) is 2.79. The molecule has 1 fully saturated rings. The fraction of sp³-hybridized carbons (Fsp3) is 0.273. The maximum Gasteiger partial charge on any atom is 0.345 e. The molecule has 2 aromatic carbocycles. The number of fused-ring (bicyclic) bond motifs is 1. The lowest BCUT2D eigenvalue weighted by molar-refractivity contribution is -0.384. The summed E-state index contributed by atoms with van der Waals surface area (Å²) in [6.45, 7) is 3.61. The smallest absolute Gasteiger partial charge is 0.345 e. The van der Waals surface area contributed by atoms with Gasteiger partial charge in [-0.05, 0) is 31.2 Å². The highest BCUT2D eigenvalue weighted by Gasteiger charge is 2.30. The second-order valence-electron chi connectivity index (χ2n) is 7.38. The maximum absolute atomic E-state index is 12.5. The highest BCUT2D eigenvalue weighted by Crippen LogP contribution is 2.39. The Bertz CT molecular complexity index is 1200. The largest absolute Gasteiger partial charge is 0.465 e. The molecule has 1 aliphatic heterocycles. The Labute approximate surface area is 189 Å². The fourth-order valence-corrected chi connectivity index (χ4v) is 4.07. The zero-order valence-electron chi connectivity index (χ0n) is 17.5. The van der Waals surface area contributed by atoms with E-state index in [1.807, 2.05) is 17.9 Å². The van der Waals surface area contributed by atoms with Crippen molar-refractivity contribution in [1.82, 2.24) is 4.98 Å². The molecule has 10 heteroatoms. The number of pyridine rings is 1. The summed E-state index contributed by atoms with van der Waals surface area (Å²) < 4.78 is 10.3. The number of morpholine rings is 1. The summed E-state index contributed by atoms with van der Waals surface area (Å²) in [5.41, 5.74) is 1.46. The van der Waals surface area contributed by atoms with E-state index >= 15 is 0 Å². The van der Waals surface area contributed by atoms with E-state index < -0.39 is 10.9 Å². The fourth-order valence-electron chi connectivity index (χ4n) is 3.85. The van der Waals surface area contributed by atoms with Gasteiger partial charge < -0.3 is 19.7 Å². The lowest BCUT2D eigenvalue weighted by atomic mass is 10.1. The summed E-state index contributed by atoms with van der Waals surface area (Å²) in [6.07, 6.45) is 1.57. The van der Waals surface area contributed by atoms with Crippen molar-refractivity contribution in [3.63, 3.8) is 0 Å². The number of nitro groups is 1. The number of nitrogens with zero attached hydrogens (tertiary/aromatic N) is 3. The van der Waals surface area contributed by atoms with Crippen LogP contribution in [0.5, 0.6) is 0 Å². The first-order valence-electron chi connectivity index (χ1n) is 9.96. The van der Waals surface area contributed by atoms with E-state index in [2.05, 4.69) is 10.3 Å². The molecule has 0 saturated carbocycles. The molecule has 2 heterocycles. The van der Waals surface area contributed by atoms with Crippen molar-refractivity contribution in [1.29, 1.82) is 0 Å². The molecule has 1 aliphatic rings. The van der Waals surface area contributed by atoms with Crippen LogP contribution < -0.4 is 10.2 Å². The quantitative estimate of drug-likeness (QED) is 0.338. The Balaban J connectivity index is 1.90. The summed E-state index contributed by atoms with van der Waals surface area (Å²) >= 11 is 6.26. The van der Waals surface area contributed by atoms with Crippen molar-refractivity contribution >= 4 is 51.2 Å². The van der Waals surface area contributed by atoms with Crippen LogP contribution >= 0.6 is 11.6 Å². The molecule has 166 valence electrons. The van der Waals surface area contributed by atoms with Gasteiger partial charge in [0, 0.05) is 35.5 Å². The number of rotatable bonds is 5. The molecule has 32 heavy (non-hydrogen) atoms. The third kappa shape index (κ3) is 4.04. The van der Waals surface area contributed by atoms with E-state index in [9.17, 15) is 14.9 Å². The van der Waals surface area contributed by atoms with Crippen LogP contribution in [0.25, 0.3) is 10.9 Å². The minimum Gasteiger partial charge on any atom is -0.465 e. The first kappa shape index (κ1) is 21.8. The third-order valence-corrected chi connectivity index (χ3v) is 5.68. The van der Waals surface area contributed by atoms with Gasteiger partial charge in [-0.1, -0.05) is 23.7 Å². The molecule has 0 bridgehead atoms. The van der Waals surface area contributed by atoms with Crippen molar-refractivity contribution in [3.05, 3.63) is 63.3 Å². The van der Waals surface area contributed by atoms with E-state index in [0.717, 1.165) is 0 Å². The zero-order chi connectivity index (χ0) is 22.8. The Morgan fingerprint density at radius 3 is 2.88 bits per heavy atom. The molecule has 1 atom stereocenters. The number of benzene rings is 2. The second kappa shape index (κ2) is 8.97. The van der Waals surface area contributed by atoms with E-state index in [1.165, 1.54) is 13.2 Å². The van der Waals surface area contributed by atoms with Crippen LogP contribution in [0.3, 0.4) is 0 Å². The topological polar surface area (TPSA) is 107 Å². The number of carbonyl (C=O) groups excluding carboxylic acids is 1. The Morgan fingerprint density at radius 1 is 1.34 bits per heavy atom. The van der Waals surface area contributed by atoms with E-state index in [0.29, 0.717) is 47.1 Å². The number of esters is 1. The number of hydrogen-bond donors (Lipinski definition) is 1. The summed E-state index contributed by atoms with van der Waals surface area (Å²) in [4.78, 5) is 30.3. The number of para-hydroxylation sites is 1. The predicted molar refractivity (Wildman–Crippen MR) is 122 cm³/mol. The monoisotopic (exact) mass is 456 g/mol. The number of ether oxygens (including phenoxy) is 2. The molecule has 0 amide bonds. The molecule has 0 radical (unpaired) electrons.